The normalized spacial score (nSPS) is 11.4. The number of hydrogen-bond acceptors (Lipinski definition) is 3. The molecule has 0 heterocycles. The molecule has 1 aromatic carbocycles. The second-order valence-electron chi connectivity index (χ2n) is 4.74. The van der Waals surface area contributed by atoms with Gasteiger partial charge in [0.1, 0.15) is 5.75 Å². The van der Waals surface area contributed by atoms with E-state index < -0.39 is 0 Å². The zero-order valence-corrected chi connectivity index (χ0v) is 12.4. The molecule has 0 unspecified atom stereocenters. The van der Waals surface area contributed by atoms with Crippen molar-refractivity contribution in [3.05, 3.63) is 23.2 Å². The highest BCUT2D eigenvalue weighted by Gasteiger charge is 2.09. The quantitative estimate of drug-likeness (QED) is 0.809. The Bertz CT molecular complexity index is 363. The summed E-state index contributed by atoms with van der Waals surface area (Å²) in [4.78, 5) is 0. The minimum atomic E-state index is 0.319. The van der Waals surface area contributed by atoms with E-state index >= 15 is 0 Å². The van der Waals surface area contributed by atoms with Crippen molar-refractivity contribution in [1.29, 1.82) is 0 Å². The maximum atomic E-state index is 5.96. The third-order valence-electron chi connectivity index (χ3n) is 2.12. The number of hydrogen-bond donors (Lipinski definition) is 1. The summed E-state index contributed by atoms with van der Waals surface area (Å²) in [5.41, 5.74) is 1.04. The van der Waals surface area contributed by atoms with Crippen molar-refractivity contribution >= 4 is 29.1 Å². The smallest absolute Gasteiger partial charge is 0.139 e. The number of halogens is 1. The number of methoxy groups -OCH3 is 1. The lowest BCUT2D eigenvalue weighted by atomic mass is 10.3. The van der Waals surface area contributed by atoms with Crippen LogP contribution in [0.2, 0.25) is 5.02 Å². The molecule has 1 N–H and O–H groups in total. The Morgan fingerprint density at radius 1 is 1.35 bits per heavy atom. The maximum Gasteiger partial charge on any atom is 0.139 e. The summed E-state index contributed by atoms with van der Waals surface area (Å²) in [7, 11) is 1.63. The molecule has 1 rings (SSSR count). The predicted octanol–water partition coefficient (Wildman–Crippen LogP) is 4.29. The lowest BCUT2D eigenvalue weighted by Crippen LogP contribution is -2.12. The van der Waals surface area contributed by atoms with Crippen LogP contribution < -0.4 is 10.1 Å². The number of thioether (sulfide) groups is 1. The number of nitrogens with one attached hydrogen (secondary N) is 1. The van der Waals surface area contributed by atoms with Crippen LogP contribution in [0.5, 0.6) is 5.75 Å². The van der Waals surface area contributed by atoms with E-state index in [4.69, 9.17) is 16.3 Å². The molecule has 96 valence electrons. The van der Waals surface area contributed by atoms with Crippen LogP contribution in [0, 0.1) is 0 Å². The highest BCUT2D eigenvalue weighted by atomic mass is 35.5. The van der Waals surface area contributed by atoms with E-state index in [9.17, 15) is 0 Å². The van der Waals surface area contributed by atoms with Crippen molar-refractivity contribution < 1.29 is 4.74 Å². The lowest BCUT2D eigenvalue weighted by Gasteiger charge is -2.17. The van der Waals surface area contributed by atoms with Crippen LogP contribution in [-0.4, -0.2) is 24.2 Å². The van der Waals surface area contributed by atoms with Gasteiger partial charge in [0, 0.05) is 28.8 Å². The van der Waals surface area contributed by atoms with Crippen molar-refractivity contribution in [3.63, 3.8) is 0 Å². The zero-order chi connectivity index (χ0) is 12.9. The molecule has 17 heavy (non-hydrogen) atoms. The van der Waals surface area contributed by atoms with Crippen molar-refractivity contribution in [2.45, 2.75) is 25.5 Å². The fraction of sp³-hybridized carbons (Fsp3) is 0.538. The van der Waals surface area contributed by atoms with Crippen molar-refractivity contribution in [3.8, 4) is 5.75 Å². The molecular formula is C13H20ClNOS. The molecule has 0 saturated heterocycles. The van der Waals surface area contributed by atoms with Crippen molar-refractivity contribution in [1.82, 2.24) is 0 Å². The molecule has 0 aliphatic rings. The van der Waals surface area contributed by atoms with Gasteiger partial charge >= 0.3 is 0 Å². The minimum Gasteiger partial charge on any atom is -0.495 e. The molecule has 4 heteroatoms. The molecule has 0 spiro atoms. The van der Waals surface area contributed by atoms with Crippen molar-refractivity contribution in [2.75, 3.05) is 24.7 Å². The van der Waals surface area contributed by atoms with Crippen molar-refractivity contribution in [2.24, 2.45) is 0 Å². The van der Waals surface area contributed by atoms with E-state index in [0.29, 0.717) is 15.5 Å². The summed E-state index contributed by atoms with van der Waals surface area (Å²) in [5.74, 6) is 1.79. The Hall–Kier alpha value is -0.540. The van der Waals surface area contributed by atoms with Crippen LogP contribution in [0.1, 0.15) is 20.8 Å². The van der Waals surface area contributed by atoms with E-state index in [1.54, 1.807) is 7.11 Å². The van der Waals surface area contributed by atoms with Crippen LogP contribution >= 0.6 is 23.4 Å². The molecule has 0 atom stereocenters. The molecule has 0 radical (unpaired) electrons. The average Bonchev–Trinajstić information content (AvgIpc) is 2.25. The first kappa shape index (κ1) is 14.5. The fourth-order valence-corrected chi connectivity index (χ4v) is 2.33. The van der Waals surface area contributed by atoms with Gasteiger partial charge < -0.3 is 10.1 Å². The minimum absolute atomic E-state index is 0.319. The van der Waals surface area contributed by atoms with E-state index in [1.165, 1.54) is 0 Å². The van der Waals surface area contributed by atoms with Gasteiger partial charge in [-0.2, -0.15) is 11.8 Å². The summed E-state index contributed by atoms with van der Waals surface area (Å²) in [6, 6.07) is 5.73. The molecule has 1 aromatic rings. The third kappa shape index (κ3) is 5.55. The standard InChI is InChI=1S/C13H20ClNOS/c1-13(2,3)17-8-7-15-10-5-6-11(14)12(9-10)16-4/h5-6,9,15H,7-8H2,1-4H3. The van der Waals surface area contributed by atoms with Gasteiger partial charge in [-0.15, -0.1) is 0 Å². The van der Waals surface area contributed by atoms with Gasteiger partial charge in [-0.3, -0.25) is 0 Å². The van der Waals surface area contributed by atoms with E-state index in [-0.39, 0.29) is 0 Å². The van der Waals surface area contributed by atoms with E-state index in [2.05, 4.69) is 26.1 Å². The molecule has 2 nitrogen and oxygen atoms in total. The second kappa shape index (κ2) is 6.41. The molecule has 0 fully saturated rings. The first-order valence-corrected chi connectivity index (χ1v) is 7.00. The fourth-order valence-electron chi connectivity index (χ4n) is 1.32. The van der Waals surface area contributed by atoms with Gasteiger partial charge in [0.05, 0.1) is 12.1 Å². The first-order chi connectivity index (χ1) is 7.92. The monoisotopic (exact) mass is 273 g/mol. The zero-order valence-electron chi connectivity index (χ0n) is 10.8. The Balaban J connectivity index is 2.42. The SMILES string of the molecule is COc1cc(NCCSC(C)(C)C)ccc1Cl. The van der Waals surface area contributed by atoms with Crippen LogP contribution in [0.15, 0.2) is 18.2 Å². The summed E-state index contributed by atoms with van der Waals surface area (Å²) in [6.45, 7) is 7.61. The molecule has 0 aromatic heterocycles. The number of anilines is 1. The Kier molecular flexibility index (Phi) is 5.47. The Morgan fingerprint density at radius 2 is 2.06 bits per heavy atom. The van der Waals surface area contributed by atoms with Gasteiger partial charge in [-0.25, -0.2) is 0 Å². The highest BCUT2D eigenvalue weighted by Crippen LogP contribution is 2.27. The summed E-state index contributed by atoms with van der Waals surface area (Å²) in [5, 5.41) is 4.00. The number of benzene rings is 1. The average molecular weight is 274 g/mol. The summed E-state index contributed by atoms with van der Waals surface area (Å²) >= 11 is 7.91. The second-order valence-corrected chi connectivity index (χ2v) is 7.07. The molecule has 0 aliphatic heterocycles. The van der Waals surface area contributed by atoms with Crippen LogP contribution in [-0.2, 0) is 0 Å². The van der Waals surface area contributed by atoms with E-state index in [0.717, 1.165) is 18.0 Å². The van der Waals surface area contributed by atoms with Gasteiger partial charge in [0.15, 0.2) is 0 Å². The largest absolute Gasteiger partial charge is 0.495 e. The summed E-state index contributed by atoms with van der Waals surface area (Å²) < 4.78 is 5.49. The van der Waals surface area contributed by atoms with Crippen LogP contribution in [0.3, 0.4) is 0 Å². The van der Waals surface area contributed by atoms with E-state index in [1.807, 2.05) is 30.0 Å². The predicted molar refractivity (Wildman–Crippen MR) is 78.7 cm³/mol. The maximum absolute atomic E-state index is 5.96. The number of ether oxygens (including phenoxy) is 1. The molecular weight excluding hydrogens is 254 g/mol. The van der Waals surface area contributed by atoms with Gasteiger partial charge in [0.25, 0.3) is 0 Å². The summed E-state index contributed by atoms with van der Waals surface area (Å²) in [6.07, 6.45) is 0. The Morgan fingerprint density at radius 3 is 2.65 bits per heavy atom. The third-order valence-corrected chi connectivity index (χ3v) is 3.70. The van der Waals surface area contributed by atoms with Gasteiger partial charge in [-0.1, -0.05) is 32.4 Å². The van der Waals surface area contributed by atoms with Gasteiger partial charge in [-0.05, 0) is 12.1 Å². The first-order valence-electron chi connectivity index (χ1n) is 5.64. The van der Waals surface area contributed by atoms with Crippen LogP contribution in [0.4, 0.5) is 5.69 Å². The Labute approximate surface area is 113 Å². The molecule has 0 bridgehead atoms. The topological polar surface area (TPSA) is 21.3 Å². The van der Waals surface area contributed by atoms with Crippen LogP contribution in [0.25, 0.3) is 0 Å². The highest BCUT2D eigenvalue weighted by molar-refractivity contribution is 8.00. The van der Waals surface area contributed by atoms with Gasteiger partial charge in [0.2, 0.25) is 0 Å². The molecule has 0 aliphatic carbocycles. The number of rotatable bonds is 5. The lowest BCUT2D eigenvalue weighted by molar-refractivity contribution is 0.415. The molecule has 0 amide bonds. The molecule has 0 saturated carbocycles.